The molecule has 0 atom stereocenters. The summed E-state index contributed by atoms with van der Waals surface area (Å²) in [4.78, 5) is 23.1. The molecule has 3 N–H and O–H groups in total. The summed E-state index contributed by atoms with van der Waals surface area (Å²) in [7, 11) is 1.24. The topological polar surface area (TPSA) is 81.4 Å². The van der Waals surface area contributed by atoms with Gasteiger partial charge >= 0.3 is 0 Å². The first-order valence-corrected chi connectivity index (χ1v) is 6.74. The van der Waals surface area contributed by atoms with Gasteiger partial charge < -0.3 is 15.8 Å². The Morgan fingerprint density at radius 2 is 1.83 bits per heavy atom. The molecule has 5 nitrogen and oxygen atoms in total. The molecule has 0 spiro atoms. The molecule has 2 aromatic carbocycles. The predicted molar refractivity (Wildman–Crippen MR) is 83.9 cm³/mol. The van der Waals surface area contributed by atoms with Gasteiger partial charge in [0.2, 0.25) is 5.91 Å². The minimum absolute atomic E-state index is 0. The van der Waals surface area contributed by atoms with Gasteiger partial charge in [0.05, 0.1) is 12.7 Å². The van der Waals surface area contributed by atoms with Crippen LogP contribution in [0.2, 0.25) is 0 Å². The Morgan fingerprint density at radius 3 is 2.48 bits per heavy atom. The number of hydrogen-bond donors (Lipinski definition) is 2. The number of amides is 1. The van der Waals surface area contributed by atoms with Crippen molar-refractivity contribution in [2.75, 3.05) is 12.8 Å². The summed E-state index contributed by atoms with van der Waals surface area (Å²) in [5.41, 5.74) is 8.61. The van der Waals surface area contributed by atoms with Gasteiger partial charge in [-0.3, -0.25) is 9.59 Å². The van der Waals surface area contributed by atoms with E-state index < -0.39 is 11.9 Å². The van der Waals surface area contributed by atoms with Crippen LogP contribution < -0.4 is 11.1 Å². The Kier molecular flexibility index (Phi) is 7.79. The summed E-state index contributed by atoms with van der Waals surface area (Å²) in [5.74, 6) is -1.08. The number of nitrogen functional groups attached to an aromatic ring is 1. The second kappa shape index (κ2) is 9.33. The Balaban J connectivity index is 0.00000264. The van der Waals surface area contributed by atoms with E-state index in [9.17, 15) is 9.59 Å². The first kappa shape index (κ1) is 19.2. The maximum atomic E-state index is 12.1. The zero-order valence-corrected chi connectivity index (χ0v) is 15.6. The summed E-state index contributed by atoms with van der Waals surface area (Å²) in [6, 6.07) is 15.2. The minimum atomic E-state index is -0.632. The van der Waals surface area contributed by atoms with E-state index in [1.54, 1.807) is 12.1 Å². The van der Waals surface area contributed by atoms with Gasteiger partial charge in [0.25, 0.3) is 0 Å². The Hall–Kier alpha value is -1.85. The SMILES string of the molecule is COC(=O)[CH-]NC(=O)c1cc(Cc2ccccc2)ccc1N.[Y]. The second-order valence-electron chi connectivity index (χ2n) is 4.72. The van der Waals surface area contributed by atoms with Crippen molar-refractivity contribution >= 4 is 17.6 Å². The molecule has 2 rings (SSSR count). The van der Waals surface area contributed by atoms with Crippen LogP contribution in [0.25, 0.3) is 0 Å². The normalized spacial score (nSPS) is 9.43. The van der Waals surface area contributed by atoms with E-state index in [4.69, 9.17) is 5.73 Å². The van der Waals surface area contributed by atoms with Crippen molar-refractivity contribution in [3.8, 4) is 0 Å². The number of hydrogen-bond acceptors (Lipinski definition) is 4. The van der Waals surface area contributed by atoms with Crippen LogP contribution in [0.4, 0.5) is 5.69 Å². The van der Waals surface area contributed by atoms with Crippen LogP contribution in [0.3, 0.4) is 0 Å². The number of nitrogens with one attached hydrogen (secondary N) is 1. The van der Waals surface area contributed by atoms with E-state index in [0.29, 0.717) is 17.7 Å². The number of rotatable bonds is 5. The molecule has 2 aromatic rings. The third-order valence-electron chi connectivity index (χ3n) is 3.14. The summed E-state index contributed by atoms with van der Waals surface area (Å²) in [6.45, 7) is 0.964. The first-order chi connectivity index (χ1) is 10.6. The van der Waals surface area contributed by atoms with Gasteiger partial charge in [0.15, 0.2) is 5.97 Å². The van der Waals surface area contributed by atoms with Crippen LogP contribution in [0.1, 0.15) is 21.5 Å². The average Bonchev–Trinajstić information content (AvgIpc) is 2.55. The zero-order valence-electron chi connectivity index (χ0n) is 12.8. The molecule has 0 bridgehead atoms. The molecule has 0 aromatic heterocycles. The van der Waals surface area contributed by atoms with Crippen molar-refractivity contribution in [2.24, 2.45) is 0 Å². The van der Waals surface area contributed by atoms with E-state index in [0.717, 1.165) is 17.7 Å². The van der Waals surface area contributed by atoms with Crippen LogP contribution in [0, 0.1) is 6.54 Å². The fraction of sp³-hybridized carbons (Fsp3) is 0.118. The van der Waals surface area contributed by atoms with Gasteiger partial charge in [-0.1, -0.05) is 36.4 Å². The molecular weight excluding hydrogens is 369 g/mol. The molecule has 0 aliphatic heterocycles. The predicted octanol–water partition coefficient (Wildman–Crippen LogP) is 1.92. The zero-order chi connectivity index (χ0) is 15.9. The summed E-state index contributed by atoms with van der Waals surface area (Å²) >= 11 is 0. The van der Waals surface area contributed by atoms with E-state index in [1.165, 1.54) is 7.11 Å². The third-order valence-corrected chi connectivity index (χ3v) is 3.14. The van der Waals surface area contributed by atoms with Crippen molar-refractivity contribution in [3.05, 3.63) is 71.8 Å². The average molecular weight is 386 g/mol. The first-order valence-electron chi connectivity index (χ1n) is 6.74. The number of carbonyl (C=O) groups is 2. The summed E-state index contributed by atoms with van der Waals surface area (Å²) < 4.78 is 4.43. The van der Waals surface area contributed by atoms with Gasteiger partial charge in [0, 0.05) is 38.4 Å². The van der Waals surface area contributed by atoms with Crippen molar-refractivity contribution in [1.29, 1.82) is 0 Å². The molecular formula is C17H17N2O3Y-. The van der Waals surface area contributed by atoms with Gasteiger partial charge in [-0.2, -0.15) is 6.54 Å². The third kappa shape index (κ3) is 5.69. The van der Waals surface area contributed by atoms with Gasteiger partial charge in [-0.15, -0.1) is 0 Å². The summed E-state index contributed by atoms with van der Waals surface area (Å²) in [6.07, 6.45) is 0.697. The van der Waals surface area contributed by atoms with Crippen molar-refractivity contribution in [3.63, 3.8) is 0 Å². The fourth-order valence-electron chi connectivity index (χ4n) is 2.00. The number of nitrogens with two attached hydrogens (primary N) is 1. The van der Waals surface area contributed by atoms with E-state index in [1.807, 2.05) is 36.4 Å². The van der Waals surface area contributed by atoms with Crippen LogP contribution in [0.15, 0.2) is 48.5 Å². The minimum Gasteiger partial charge on any atom is -0.490 e. The number of benzene rings is 2. The van der Waals surface area contributed by atoms with Crippen LogP contribution in [-0.4, -0.2) is 19.0 Å². The van der Waals surface area contributed by atoms with Crippen molar-refractivity contribution in [1.82, 2.24) is 5.32 Å². The molecule has 0 unspecified atom stereocenters. The van der Waals surface area contributed by atoms with E-state index >= 15 is 0 Å². The molecule has 1 radical (unpaired) electrons. The standard InChI is InChI=1S/C17H17N2O3.Y/c1-22-16(20)11-19-17(21)14-10-13(7-8-15(14)18)9-12-5-3-2-4-6-12;/h2-8,10-11H,9,18H2,1H3,(H,19,21);/q-1;. The van der Waals surface area contributed by atoms with Gasteiger partial charge in [-0.05, 0) is 29.7 Å². The number of esters is 1. The number of methoxy groups -OCH3 is 1. The molecule has 0 heterocycles. The van der Waals surface area contributed by atoms with Crippen LogP contribution in [0.5, 0.6) is 0 Å². The smallest absolute Gasteiger partial charge is 0.227 e. The maximum absolute atomic E-state index is 12.1. The number of carbonyl (C=O) groups excluding carboxylic acids is 2. The Morgan fingerprint density at radius 1 is 1.13 bits per heavy atom. The number of anilines is 1. The summed E-state index contributed by atoms with van der Waals surface area (Å²) in [5, 5.41) is 2.36. The fourth-order valence-corrected chi connectivity index (χ4v) is 2.00. The van der Waals surface area contributed by atoms with Crippen LogP contribution >= 0.6 is 0 Å². The molecule has 0 saturated carbocycles. The largest absolute Gasteiger partial charge is 0.490 e. The van der Waals surface area contributed by atoms with Gasteiger partial charge in [-0.25, -0.2) is 0 Å². The molecule has 0 saturated heterocycles. The van der Waals surface area contributed by atoms with Gasteiger partial charge in [0.1, 0.15) is 0 Å². The second-order valence-corrected chi connectivity index (χ2v) is 4.72. The molecule has 0 fully saturated rings. The molecule has 0 aliphatic rings. The molecule has 1 amide bonds. The maximum Gasteiger partial charge on any atom is 0.227 e. The molecule has 117 valence electrons. The molecule has 6 heteroatoms. The monoisotopic (exact) mass is 386 g/mol. The van der Waals surface area contributed by atoms with Crippen molar-refractivity contribution < 1.29 is 47.0 Å². The van der Waals surface area contributed by atoms with Crippen LogP contribution in [-0.2, 0) is 48.7 Å². The molecule has 23 heavy (non-hydrogen) atoms. The molecule has 0 aliphatic carbocycles. The van der Waals surface area contributed by atoms with E-state index in [-0.39, 0.29) is 32.7 Å². The van der Waals surface area contributed by atoms with E-state index in [2.05, 4.69) is 10.1 Å². The van der Waals surface area contributed by atoms with Crippen molar-refractivity contribution in [2.45, 2.75) is 6.42 Å². The Labute approximate surface area is 160 Å². The Bertz CT molecular complexity index is 675. The number of ether oxygens (including phenoxy) is 1. The quantitative estimate of drug-likeness (QED) is 0.468.